The summed E-state index contributed by atoms with van der Waals surface area (Å²) in [6.45, 7) is 1.70. The highest BCUT2D eigenvalue weighted by Crippen LogP contribution is 2.33. The molecule has 0 heterocycles. The number of carboxylic acid groups (broad SMARTS) is 1. The van der Waals surface area contributed by atoms with Crippen LogP contribution in [0.5, 0.6) is 0 Å². The number of fused-ring (bicyclic) bond motifs is 1. The van der Waals surface area contributed by atoms with Gasteiger partial charge in [-0.2, -0.15) is 0 Å². The summed E-state index contributed by atoms with van der Waals surface area (Å²) in [6.07, 6.45) is 2.59. The molecule has 1 atom stereocenters. The first-order valence-corrected chi connectivity index (χ1v) is 5.18. The van der Waals surface area contributed by atoms with Crippen LogP contribution in [0, 0.1) is 5.92 Å². The van der Waals surface area contributed by atoms with E-state index in [0.29, 0.717) is 6.42 Å². The van der Waals surface area contributed by atoms with Crippen LogP contribution in [-0.2, 0) is 11.2 Å². The third-order valence-corrected chi connectivity index (χ3v) is 3.16. The summed E-state index contributed by atoms with van der Waals surface area (Å²) >= 11 is 6.04. The Kier molecular flexibility index (Phi) is 2.53. The number of carboxylic acids is 1. The second kappa shape index (κ2) is 3.70. The Labute approximate surface area is 93.2 Å². The molecule has 1 N–H and O–H groups in total. The van der Waals surface area contributed by atoms with E-state index in [-0.39, 0.29) is 0 Å². The van der Waals surface area contributed by atoms with Gasteiger partial charge in [-0.15, -0.1) is 0 Å². The highest BCUT2D eigenvalue weighted by Gasteiger charge is 2.23. The second-order valence-electron chi connectivity index (χ2n) is 3.76. The second-order valence-corrected chi connectivity index (χ2v) is 4.17. The van der Waals surface area contributed by atoms with Crippen LogP contribution < -0.4 is 0 Å². The lowest BCUT2D eigenvalue weighted by molar-refractivity contribution is -0.139. The van der Waals surface area contributed by atoms with Gasteiger partial charge >= 0.3 is 5.97 Å². The van der Waals surface area contributed by atoms with E-state index in [1.54, 1.807) is 6.92 Å². The Morgan fingerprint density at radius 3 is 2.87 bits per heavy atom. The highest BCUT2D eigenvalue weighted by atomic mass is 35.5. The van der Waals surface area contributed by atoms with Crippen molar-refractivity contribution < 1.29 is 9.90 Å². The Morgan fingerprint density at radius 1 is 1.53 bits per heavy atom. The van der Waals surface area contributed by atoms with Crippen molar-refractivity contribution in [2.24, 2.45) is 5.92 Å². The van der Waals surface area contributed by atoms with Crippen molar-refractivity contribution in [2.45, 2.75) is 13.3 Å². The SMILES string of the molecule is CC(C(=O)O)C1=Cc2cccc(Cl)c2C1. The molecular weight excluding hydrogens is 212 g/mol. The van der Waals surface area contributed by atoms with E-state index in [0.717, 1.165) is 21.7 Å². The quantitative estimate of drug-likeness (QED) is 0.835. The minimum absolute atomic E-state index is 0.437. The highest BCUT2D eigenvalue weighted by molar-refractivity contribution is 6.31. The molecule has 0 aromatic heterocycles. The largest absolute Gasteiger partial charge is 0.481 e. The van der Waals surface area contributed by atoms with Crippen molar-refractivity contribution in [1.82, 2.24) is 0 Å². The monoisotopic (exact) mass is 222 g/mol. The Hall–Kier alpha value is -1.28. The number of aliphatic carboxylic acids is 1. The molecule has 0 amide bonds. The number of carbonyl (C=O) groups is 1. The normalized spacial score (nSPS) is 15.7. The van der Waals surface area contributed by atoms with Gasteiger partial charge in [-0.1, -0.05) is 35.4 Å². The number of hydrogen-bond acceptors (Lipinski definition) is 1. The van der Waals surface area contributed by atoms with Gasteiger partial charge < -0.3 is 5.11 Å². The van der Waals surface area contributed by atoms with Gasteiger partial charge in [0.2, 0.25) is 0 Å². The summed E-state index contributed by atoms with van der Waals surface area (Å²) in [4.78, 5) is 10.8. The summed E-state index contributed by atoms with van der Waals surface area (Å²) < 4.78 is 0. The maximum Gasteiger partial charge on any atom is 0.310 e. The topological polar surface area (TPSA) is 37.3 Å². The minimum Gasteiger partial charge on any atom is -0.481 e. The van der Waals surface area contributed by atoms with Gasteiger partial charge in [0.05, 0.1) is 5.92 Å². The van der Waals surface area contributed by atoms with E-state index in [4.69, 9.17) is 16.7 Å². The van der Waals surface area contributed by atoms with Crippen LogP contribution >= 0.6 is 11.6 Å². The first-order valence-electron chi connectivity index (χ1n) is 4.80. The molecule has 0 bridgehead atoms. The Bertz CT molecular complexity index is 449. The molecule has 1 aromatic rings. The molecule has 0 fully saturated rings. The molecule has 1 unspecified atom stereocenters. The van der Waals surface area contributed by atoms with Crippen LogP contribution in [-0.4, -0.2) is 11.1 Å². The fourth-order valence-electron chi connectivity index (χ4n) is 1.79. The smallest absolute Gasteiger partial charge is 0.310 e. The van der Waals surface area contributed by atoms with Crippen LogP contribution in [0.2, 0.25) is 5.02 Å². The zero-order valence-electron chi connectivity index (χ0n) is 8.33. The minimum atomic E-state index is -0.787. The molecule has 0 saturated heterocycles. The van der Waals surface area contributed by atoms with Crippen molar-refractivity contribution >= 4 is 23.6 Å². The van der Waals surface area contributed by atoms with E-state index >= 15 is 0 Å². The van der Waals surface area contributed by atoms with Crippen LogP contribution in [0.4, 0.5) is 0 Å². The molecule has 78 valence electrons. The summed E-state index contributed by atoms with van der Waals surface area (Å²) in [7, 11) is 0. The molecule has 1 aliphatic rings. The van der Waals surface area contributed by atoms with Crippen LogP contribution in [0.25, 0.3) is 6.08 Å². The standard InChI is InChI=1S/C12H11ClO2/c1-7(12(14)15)9-5-8-3-2-4-11(13)10(8)6-9/h2-5,7H,6H2,1H3,(H,14,15). The van der Waals surface area contributed by atoms with Gasteiger partial charge in [0.25, 0.3) is 0 Å². The fourth-order valence-corrected chi connectivity index (χ4v) is 2.04. The molecule has 0 aliphatic heterocycles. The van der Waals surface area contributed by atoms with E-state index < -0.39 is 11.9 Å². The van der Waals surface area contributed by atoms with Crippen molar-refractivity contribution in [3.63, 3.8) is 0 Å². The van der Waals surface area contributed by atoms with Gasteiger partial charge in [0.1, 0.15) is 0 Å². The number of halogens is 1. The molecule has 3 heteroatoms. The molecule has 1 aliphatic carbocycles. The van der Waals surface area contributed by atoms with Gasteiger partial charge in [-0.25, -0.2) is 0 Å². The van der Waals surface area contributed by atoms with E-state index in [2.05, 4.69) is 0 Å². The summed E-state index contributed by atoms with van der Waals surface area (Å²) in [6, 6.07) is 5.68. The first kappa shape index (κ1) is 10.2. The lowest BCUT2D eigenvalue weighted by atomic mass is 9.99. The zero-order valence-corrected chi connectivity index (χ0v) is 9.08. The Balaban J connectivity index is 2.33. The van der Waals surface area contributed by atoms with Crippen molar-refractivity contribution in [2.75, 3.05) is 0 Å². The molecule has 0 saturated carbocycles. The lowest BCUT2D eigenvalue weighted by Gasteiger charge is -2.07. The number of rotatable bonds is 2. The van der Waals surface area contributed by atoms with Gasteiger partial charge in [-0.3, -0.25) is 4.79 Å². The third-order valence-electron chi connectivity index (χ3n) is 2.80. The van der Waals surface area contributed by atoms with E-state index in [9.17, 15) is 4.79 Å². The Morgan fingerprint density at radius 2 is 2.27 bits per heavy atom. The van der Waals surface area contributed by atoms with Gasteiger partial charge in [-0.05, 0) is 30.5 Å². The lowest BCUT2D eigenvalue weighted by Crippen LogP contribution is -2.12. The molecule has 15 heavy (non-hydrogen) atoms. The summed E-state index contributed by atoms with van der Waals surface area (Å²) in [5.74, 6) is -1.22. The average molecular weight is 223 g/mol. The van der Waals surface area contributed by atoms with Crippen LogP contribution in [0.3, 0.4) is 0 Å². The number of benzene rings is 1. The molecular formula is C12H11ClO2. The molecule has 1 aromatic carbocycles. The maximum absolute atomic E-state index is 10.8. The molecule has 2 rings (SSSR count). The molecule has 2 nitrogen and oxygen atoms in total. The molecule has 0 spiro atoms. The van der Waals surface area contributed by atoms with E-state index in [1.807, 2.05) is 24.3 Å². The number of hydrogen-bond donors (Lipinski definition) is 1. The van der Waals surface area contributed by atoms with E-state index in [1.165, 1.54) is 0 Å². The fraction of sp³-hybridized carbons (Fsp3) is 0.250. The first-order chi connectivity index (χ1) is 7.09. The zero-order chi connectivity index (χ0) is 11.0. The summed E-state index contributed by atoms with van der Waals surface area (Å²) in [5.41, 5.74) is 3.01. The van der Waals surface area contributed by atoms with Gasteiger partial charge in [0.15, 0.2) is 0 Å². The predicted molar refractivity (Wildman–Crippen MR) is 59.9 cm³/mol. The molecule has 0 radical (unpaired) electrons. The van der Waals surface area contributed by atoms with Crippen molar-refractivity contribution in [3.8, 4) is 0 Å². The van der Waals surface area contributed by atoms with Gasteiger partial charge in [0, 0.05) is 5.02 Å². The maximum atomic E-state index is 10.8. The van der Waals surface area contributed by atoms with Crippen LogP contribution in [0.15, 0.2) is 23.8 Å². The third kappa shape index (κ3) is 1.77. The van der Waals surface area contributed by atoms with Crippen LogP contribution in [0.1, 0.15) is 18.1 Å². The average Bonchev–Trinajstić information content (AvgIpc) is 2.61. The summed E-state index contributed by atoms with van der Waals surface area (Å²) in [5, 5.41) is 9.64. The van der Waals surface area contributed by atoms with Crippen molar-refractivity contribution in [3.05, 3.63) is 39.9 Å². The van der Waals surface area contributed by atoms with Crippen molar-refractivity contribution in [1.29, 1.82) is 0 Å². The predicted octanol–water partition coefficient (Wildman–Crippen LogP) is 3.00.